The third-order valence-corrected chi connectivity index (χ3v) is 4.53. The molecular weight excluding hydrogens is 266 g/mol. The van der Waals surface area contributed by atoms with E-state index in [0.717, 1.165) is 19.3 Å². The fourth-order valence-corrected chi connectivity index (χ4v) is 3.15. The van der Waals surface area contributed by atoms with Crippen LogP contribution in [0.5, 0.6) is 0 Å². The Morgan fingerprint density at radius 2 is 1.53 bits per heavy atom. The van der Waals surface area contributed by atoms with Crippen LogP contribution < -0.4 is 4.72 Å². The van der Waals surface area contributed by atoms with Gasteiger partial charge in [0.05, 0.1) is 5.75 Å². The molecule has 114 valence electrons. The predicted molar refractivity (Wildman–Crippen MR) is 76.6 cm³/mol. The largest absolute Gasteiger partial charge is 0.480 e. The van der Waals surface area contributed by atoms with Gasteiger partial charge in [-0.3, -0.25) is 4.79 Å². The van der Waals surface area contributed by atoms with Crippen LogP contribution in [-0.4, -0.2) is 31.3 Å². The van der Waals surface area contributed by atoms with Gasteiger partial charge >= 0.3 is 5.97 Å². The Kier molecular flexibility index (Phi) is 9.87. The molecule has 0 amide bonds. The summed E-state index contributed by atoms with van der Waals surface area (Å²) in [6.45, 7) is 3.50. The van der Waals surface area contributed by atoms with E-state index in [9.17, 15) is 13.2 Å². The molecule has 0 bridgehead atoms. The van der Waals surface area contributed by atoms with Crippen LogP contribution in [0.1, 0.15) is 65.2 Å². The van der Waals surface area contributed by atoms with Gasteiger partial charge in [0, 0.05) is 0 Å². The van der Waals surface area contributed by atoms with E-state index >= 15 is 0 Å². The van der Waals surface area contributed by atoms with Gasteiger partial charge in [-0.2, -0.15) is 0 Å². The molecule has 1 unspecified atom stereocenters. The van der Waals surface area contributed by atoms with E-state index in [1.165, 1.54) is 32.6 Å². The highest BCUT2D eigenvalue weighted by molar-refractivity contribution is 7.89. The van der Waals surface area contributed by atoms with Crippen molar-refractivity contribution in [1.82, 2.24) is 4.72 Å². The van der Waals surface area contributed by atoms with Crippen molar-refractivity contribution < 1.29 is 18.3 Å². The molecule has 0 heterocycles. The summed E-state index contributed by atoms with van der Waals surface area (Å²) in [5.41, 5.74) is 0. The Balaban J connectivity index is 3.62. The SMILES string of the molecule is CCCCCCCCCCS(=O)(=O)NC(C)C(=O)O. The van der Waals surface area contributed by atoms with Gasteiger partial charge in [0.15, 0.2) is 0 Å². The molecule has 19 heavy (non-hydrogen) atoms. The van der Waals surface area contributed by atoms with Gasteiger partial charge in [-0.1, -0.05) is 51.9 Å². The summed E-state index contributed by atoms with van der Waals surface area (Å²) in [6.07, 6.45) is 8.65. The lowest BCUT2D eigenvalue weighted by molar-refractivity contribution is -0.138. The maximum atomic E-state index is 11.5. The molecule has 6 heteroatoms. The molecule has 0 aromatic heterocycles. The molecule has 0 aliphatic rings. The van der Waals surface area contributed by atoms with E-state index in [0.29, 0.717) is 6.42 Å². The lowest BCUT2D eigenvalue weighted by atomic mass is 10.1. The first-order valence-electron chi connectivity index (χ1n) is 7.12. The van der Waals surface area contributed by atoms with Crippen LogP contribution in [-0.2, 0) is 14.8 Å². The van der Waals surface area contributed by atoms with Crippen LogP contribution in [0.2, 0.25) is 0 Å². The highest BCUT2D eigenvalue weighted by Crippen LogP contribution is 2.09. The van der Waals surface area contributed by atoms with Crippen molar-refractivity contribution in [3.05, 3.63) is 0 Å². The number of nitrogens with one attached hydrogen (secondary N) is 1. The number of aliphatic carboxylic acids is 1. The van der Waals surface area contributed by atoms with Crippen LogP contribution in [0.3, 0.4) is 0 Å². The predicted octanol–water partition coefficient (Wildman–Crippen LogP) is 2.52. The van der Waals surface area contributed by atoms with Crippen molar-refractivity contribution in [1.29, 1.82) is 0 Å². The average molecular weight is 293 g/mol. The zero-order valence-corrected chi connectivity index (χ0v) is 12.8. The number of hydrogen-bond acceptors (Lipinski definition) is 3. The van der Waals surface area contributed by atoms with E-state index in [-0.39, 0.29) is 5.75 Å². The van der Waals surface area contributed by atoms with Crippen LogP contribution in [0.25, 0.3) is 0 Å². The molecule has 0 aliphatic carbocycles. The van der Waals surface area contributed by atoms with Crippen molar-refractivity contribution in [3.63, 3.8) is 0 Å². The minimum atomic E-state index is -3.46. The van der Waals surface area contributed by atoms with Gasteiger partial charge in [0.25, 0.3) is 0 Å². The minimum absolute atomic E-state index is 0.0135. The van der Waals surface area contributed by atoms with Crippen molar-refractivity contribution in [2.75, 3.05) is 5.75 Å². The van der Waals surface area contributed by atoms with Crippen LogP contribution in [0.4, 0.5) is 0 Å². The zero-order chi connectivity index (χ0) is 14.7. The molecule has 0 aromatic rings. The Hall–Kier alpha value is -0.620. The summed E-state index contributed by atoms with van der Waals surface area (Å²) in [7, 11) is -3.46. The second-order valence-corrected chi connectivity index (χ2v) is 6.84. The first-order valence-corrected chi connectivity index (χ1v) is 8.77. The number of sulfonamides is 1. The summed E-state index contributed by atoms with van der Waals surface area (Å²) in [5, 5.41) is 8.63. The number of rotatable bonds is 12. The highest BCUT2D eigenvalue weighted by Gasteiger charge is 2.18. The summed E-state index contributed by atoms with van der Waals surface area (Å²) >= 11 is 0. The molecule has 0 saturated heterocycles. The quantitative estimate of drug-likeness (QED) is 0.542. The van der Waals surface area contributed by atoms with E-state index in [1.54, 1.807) is 0 Å². The zero-order valence-electron chi connectivity index (χ0n) is 12.0. The lowest BCUT2D eigenvalue weighted by Gasteiger charge is -2.09. The molecule has 0 spiro atoms. The van der Waals surface area contributed by atoms with Gasteiger partial charge in [0.2, 0.25) is 10.0 Å². The van der Waals surface area contributed by atoms with Gasteiger partial charge in [-0.25, -0.2) is 13.1 Å². The first-order chi connectivity index (χ1) is 8.89. The molecule has 1 atom stereocenters. The number of carbonyl (C=O) groups is 1. The van der Waals surface area contributed by atoms with Crippen LogP contribution >= 0.6 is 0 Å². The maximum absolute atomic E-state index is 11.5. The van der Waals surface area contributed by atoms with Gasteiger partial charge in [0.1, 0.15) is 6.04 Å². The fraction of sp³-hybridized carbons (Fsp3) is 0.923. The second-order valence-electron chi connectivity index (χ2n) is 4.97. The fourth-order valence-electron chi connectivity index (χ4n) is 1.80. The molecule has 0 fully saturated rings. The molecule has 0 saturated carbocycles. The number of carboxylic acid groups (broad SMARTS) is 1. The third-order valence-electron chi connectivity index (χ3n) is 2.99. The summed E-state index contributed by atoms with van der Waals surface area (Å²) in [6, 6.07) is -1.06. The molecule has 0 aliphatic heterocycles. The highest BCUT2D eigenvalue weighted by atomic mass is 32.2. The summed E-state index contributed by atoms with van der Waals surface area (Å²) in [4.78, 5) is 10.6. The number of hydrogen-bond donors (Lipinski definition) is 2. The van der Waals surface area contributed by atoms with Crippen LogP contribution in [0, 0.1) is 0 Å². The summed E-state index contributed by atoms with van der Waals surface area (Å²) in [5.74, 6) is -1.14. The Morgan fingerprint density at radius 3 is 2.00 bits per heavy atom. The van der Waals surface area contributed by atoms with E-state index in [4.69, 9.17) is 5.11 Å². The Morgan fingerprint density at radius 1 is 1.05 bits per heavy atom. The molecule has 0 radical (unpaired) electrons. The second kappa shape index (κ2) is 10.2. The number of unbranched alkanes of at least 4 members (excludes halogenated alkanes) is 7. The molecule has 0 aromatic carbocycles. The lowest BCUT2D eigenvalue weighted by Crippen LogP contribution is -2.39. The van der Waals surface area contributed by atoms with E-state index < -0.39 is 22.0 Å². The molecule has 2 N–H and O–H groups in total. The first kappa shape index (κ1) is 18.4. The molecule has 0 rings (SSSR count). The number of carboxylic acids is 1. The molecule has 5 nitrogen and oxygen atoms in total. The topological polar surface area (TPSA) is 83.5 Å². The smallest absolute Gasteiger partial charge is 0.321 e. The van der Waals surface area contributed by atoms with Crippen molar-refractivity contribution in [2.45, 2.75) is 71.3 Å². The summed E-state index contributed by atoms with van der Waals surface area (Å²) < 4.78 is 25.2. The average Bonchev–Trinajstić information content (AvgIpc) is 2.31. The maximum Gasteiger partial charge on any atom is 0.321 e. The van der Waals surface area contributed by atoms with Gasteiger partial charge in [-0.05, 0) is 13.3 Å². The Labute approximate surface area is 116 Å². The van der Waals surface area contributed by atoms with Gasteiger partial charge < -0.3 is 5.11 Å². The van der Waals surface area contributed by atoms with Crippen molar-refractivity contribution in [3.8, 4) is 0 Å². The van der Waals surface area contributed by atoms with Gasteiger partial charge in [-0.15, -0.1) is 0 Å². The normalized spacial score (nSPS) is 13.4. The van der Waals surface area contributed by atoms with Crippen molar-refractivity contribution >= 4 is 16.0 Å². The monoisotopic (exact) mass is 293 g/mol. The third kappa shape index (κ3) is 10.9. The minimum Gasteiger partial charge on any atom is -0.480 e. The van der Waals surface area contributed by atoms with Crippen molar-refractivity contribution in [2.24, 2.45) is 0 Å². The van der Waals surface area contributed by atoms with E-state index in [1.807, 2.05) is 0 Å². The van der Waals surface area contributed by atoms with E-state index in [2.05, 4.69) is 11.6 Å². The molecular formula is C13H27NO4S. The van der Waals surface area contributed by atoms with Crippen LogP contribution in [0.15, 0.2) is 0 Å². The Bertz CT molecular complexity index is 341. The standard InChI is InChI=1S/C13H27NO4S/c1-3-4-5-6-7-8-9-10-11-19(17,18)14-12(2)13(15)16/h12,14H,3-11H2,1-2H3,(H,15,16).